The zero-order valence-corrected chi connectivity index (χ0v) is 13.4. The first-order valence-corrected chi connectivity index (χ1v) is 8.13. The van der Waals surface area contributed by atoms with Gasteiger partial charge in [0.2, 0.25) is 5.91 Å². The molecule has 24 heavy (non-hydrogen) atoms. The Balaban J connectivity index is 1.61. The molecule has 0 bridgehead atoms. The van der Waals surface area contributed by atoms with Gasteiger partial charge in [0.05, 0.1) is 11.4 Å². The van der Waals surface area contributed by atoms with E-state index in [1.165, 1.54) is 0 Å². The number of aliphatic carboxylic acids is 1. The first kappa shape index (κ1) is 16.2. The lowest BCUT2D eigenvalue weighted by Crippen LogP contribution is -2.21. The normalized spacial score (nSPS) is 13.3. The number of carboxylic acids is 1. The lowest BCUT2D eigenvalue weighted by molar-refractivity contribution is -0.137. The molecule has 126 valence electrons. The van der Waals surface area contributed by atoms with Gasteiger partial charge in [-0.2, -0.15) is 0 Å². The van der Waals surface area contributed by atoms with Crippen LogP contribution < -0.4 is 5.32 Å². The van der Waals surface area contributed by atoms with Crippen molar-refractivity contribution in [3.05, 3.63) is 41.2 Å². The summed E-state index contributed by atoms with van der Waals surface area (Å²) >= 11 is 0. The number of hydrogen-bond acceptors (Lipinski definition) is 4. The number of nitrogens with one attached hydrogen (secondary N) is 1. The maximum Gasteiger partial charge on any atom is 0.303 e. The average molecular weight is 328 g/mol. The van der Waals surface area contributed by atoms with E-state index < -0.39 is 5.97 Å². The SMILES string of the molecule is O=C(O)CCc1cccc(NC(=O)Cn2nnc3c2CCCC3)c1. The van der Waals surface area contributed by atoms with Gasteiger partial charge in [0, 0.05) is 12.1 Å². The summed E-state index contributed by atoms with van der Waals surface area (Å²) in [6.07, 6.45) is 4.59. The molecule has 0 saturated heterocycles. The van der Waals surface area contributed by atoms with Gasteiger partial charge in [0.1, 0.15) is 6.54 Å². The molecular formula is C17H20N4O3. The third-order valence-electron chi connectivity index (χ3n) is 4.13. The van der Waals surface area contributed by atoms with Crippen molar-refractivity contribution < 1.29 is 14.7 Å². The number of fused-ring (bicyclic) bond motifs is 1. The van der Waals surface area contributed by atoms with Crippen molar-refractivity contribution in [3.8, 4) is 0 Å². The summed E-state index contributed by atoms with van der Waals surface area (Å²) in [5.41, 5.74) is 3.61. The van der Waals surface area contributed by atoms with Crippen molar-refractivity contribution in [1.29, 1.82) is 0 Å². The van der Waals surface area contributed by atoms with Crippen LogP contribution in [0.1, 0.15) is 36.2 Å². The molecule has 7 heteroatoms. The van der Waals surface area contributed by atoms with Gasteiger partial charge in [-0.25, -0.2) is 4.68 Å². The van der Waals surface area contributed by atoms with Crippen LogP contribution >= 0.6 is 0 Å². The Labute approximate surface area is 139 Å². The number of benzene rings is 1. The predicted octanol–water partition coefficient (Wildman–Crippen LogP) is 1.81. The molecule has 3 rings (SSSR count). The summed E-state index contributed by atoms with van der Waals surface area (Å²) in [6, 6.07) is 7.26. The van der Waals surface area contributed by atoms with E-state index >= 15 is 0 Å². The molecule has 1 amide bonds. The zero-order chi connectivity index (χ0) is 16.9. The summed E-state index contributed by atoms with van der Waals surface area (Å²) in [4.78, 5) is 22.9. The Morgan fingerprint density at radius 2 is 2.08 bits per heavy atom. The molecular weight excluding hydrogens is 308 g/mol. The topological polar surface area (TPSA) is 97.1 Å². The Bertz CT molecular complexity index is 754. The van der Waals surface area contributed by atoms with Gasteiger partial charge in [-0.15, -0.1) is 5.10 Å². The van der Waals surface area contributed by atoms with E-state index in [1.54, 1.807) is 16.8 Å². The number of nitrogens with zero attached hydrogens (tertiary/aromatic N) is 3. The van der Waals surface area contributed by atoms with E-state index in [-0.39, 0.29) is 18.9 Å². The maximum absolute atomic E-state index is 12.2. The number of hydrogen-bond donors (Lipinski definition) is 2. The first-order chi connectivity index (χ1) is 11.6. The lowest BCUT2D eigenvalue weighted by Gasteiger charge is -2.12. The highest BCUT2D eigenvalue weighted by atomic mass is 16.4. The molecule has 0 aliphatic heterocycles. The van der Waals surface area contributed by atoms with Crippen LogP contribution in [0.4, 0.5) is 5.69 Å². The summed E-state index contributed by atoms with van der Waals surface area (Å²) in [7, 11) is 0. The minimum absolute atomic E-state index is 0.0719. The van der Waals surface area contributed by atoms with Crippen LogP contribution in [0, 0.1) is 0 Å². The molecule has 0 atom stereocenters. The first-order valence-electron chi connectivity index (χ1n) is 8.13. The minimum Gasteiger partial charge on any atom is -0.481 e. The van der Waals surface area contributed by atoms with Crippen molar-refractivity contribution in [2.24, 2.45) is 0 Å². The highest BCUT2D eigenvalue weighted by molar-refractivity contribution is 5.90. The van der Waals surface area contributed by atoms with E-state index in [0.29, 0.717) is 12.1 Å². The van der Waals surface area contributed by atoms with Crippen molar-refractivity contribution >= 4 is 17.6 Å². The van der Waals surface area contributed by atoms with Crippen molar-refractivity contribution in [2.45, 2.75) is 45.1 Å². The summed E-state index contributed by atoms with van der Waals surface area (Å²) in [6.45, 7) is 0.141. The molecule has 0 fully saturated rings. The molecule has 1 heterocycles. The molecule has 1 aromatic heterocycles. The average Bonchev–Trinajstić information content (AvgIpc) is 2.96. The van der Waals surface area contributed by atoms with E-state index in [1.807, 2.05) is 12.1 Å². The number of rotatable bonds is 6. The van der Waals surface area contributed by atoms with E-state index in [2.05, 4.69) is 15.6 Å². The fourth-order valence-electron chi connectivity index (χ4n) is 2.94. The van der Waals surface area contributed by atoms with E-state index in [0.717, 1.165) is 42.6 Å². The number of aryl methyl sites for hydroxylation is 2. The van der Waals surface area contributed by atoms with Crippen molar-refractivity contribution in [2.75, 3.05) is 5.32 Å². The highest BCUT2D eigenvalue weighted by Crippen LogP contribution is 2.18. The summed E-state index contributed by atoms with van der Waals surface area (Å²) in [5, 5.41) is 19.8. The minimum atomic E-state index is -0.833. The molecule has 1 aliphatic carbocycles. The second kappa shape index (κ2) is 7.25. The number of carboxylic acid groups (broad SMARTS) is 1. The third kappa shape index (κ3) is 3.98. The summed E-state index contributed by atoms with van der Waals surface area (Å²) in [5.74, 6) is -0.996. The van der Waals surface area contributed by atoms with Crippen LogP contribution in [-0.2, 0) is 35.4 Å². The smallest absolute Gasteiger partial charge is 0.303 e. The number of amides is 1. The summed E-state index contributed by atoms with van der Waals surface area (Å²) < 4.78 is 1.68. The van der Waals surface area contributed by atoms with Gasteiger partial charge in [-0.1, -0.05) is 17.3 Å². The maximum atomic E-state index is 12.2. The standard InChI is InChI=1S/C17H20N4O3/c22-16(11-21-15-7-2-1-6-14(15)19-20-21)18-13-5-3-4-12(10-13)8-9-17(23)24/h3-5,10H,1-2,6-9,11H2,(H,18,22)(H,23,24). The second-order valence-corrected chi connectivity index (χ2v) is 5.99. The van der Waals surface area contributed by atoms with E-state index in [4.69, 9.17) is 5.11 Å². The Hall–Kier alpha value is -2.70. The number of aromatic nitrogens is 3. The lowest BCUT2D eigenvalue weighted by atomic mass is 10.0. The number of anilines is 1. The van der Waals surface area contributed by atoms with Gasteiger partial charge in [0.15, 0.2) is 0 Å². The second-order valence-electron chi connectivity index (χ2n) is 5.99. The van der Waals surface area contributed by atoms with E-state index in [9.17, 15) is 9.59 Å². The molecule has 2 aromatic rings. The Morgan fingerprint density at radius 1 is 1.25 bits per heavy atom. The zero-order valence-electron chi connectivity index (χ0n) is 13.4. The molecule has 0 spiro atoms. The highest BCUT2D eigenvalue weighted by Gasteiger charge is 2.18. The molecule has 1 aromatic carbocycles. The van der Waals surface area contributed by atoms with Gasteiger partial charge >= 0.3 is 5.97 Å². The fourth-order valence-corrected chi connectivity index (χ4v) is 2.94. The largest absolute Gasteiger partial charge is 0.481 e. The quantitative estimate of drug-likeness (QED) is 0.843. The van der Waals surface area contributed by atoms with Crippen molar-refractivity contribution in [1.82, 2.24) is 15.0 Å². The van der Waals surface area contributed by atoms with Crippen LogP contribution in [0.2, 0.25) is 0 Å². The van der Waals surface area contributed by atoms with Crippen LogP contribution in [0.3, 0.4) is 0 Å². The monoisotopic (exact) mass is 328 g/mol. The molecule has 7 nitrogen and oxygen atoms in total. The molecule has 0 unspecified atom stereocenters. The van der Waals surface area contributed by atoms with Crippen molar-refractivity contribution in [3.63, 3.8) is 0 Å². The molecule has 0 saturated carbocycles. The Kier molecular flexibility index (Phi) is 4.88. The third-order valence-corrected chi connectivity index (χ3v) is 4.13. The van der Waals surface area contributed by atoms with Crippen LogP contribution in [-0.4, -0.2) is 32.0 Å². The number of carbonyl (C=O) groups is 2. The van der Waals surface area contributed by atoms with Gasteiger partial charge in [-0.05, 0) is 49.8 Å². The number of carbonyl (C=O) groups excluding carboxylic acids is 1. The van der Waals surface area contributed by atoms with Gasteiger partial charge in [-0.3, -0.25) is 9.59 Å². The molecule has 0 radical (unpaired) electrons. The van der Waals surface area contributed by atoms with Crippen LogP contribution in [0.5, 0.6) is 0 Å². The van der Waals surface area contributed by atoms with Gasteiger partial charge in [0.25, 0.3) is 0 Å². The molecule has 2 N–H and O–H groups in total. The predicted molar refractivity (Wildman–Crippen MR) is 87.7 cm³/mol. The molecule has 1 aliphatic rings. The van der Waals surface area contributed by atoms with Gasteiger partial charge < -0.3 is 10.4 Å². The van der Waals surface area contributed by atoms with Crippen LogP contribution in [0.15, 0.2) is 24.3 Å². The Morgan fingerprint density at radius 3 is 2.92 bits per heavy atom. The fraction of sp³-hybridized carbons (Fsp3) is 0.412. The van der Waals surface area contributed by atoms with Crippen LogP contribution in [0.25, 0.3) is 0 Å².